The van der Waals surface area contributed by atoms with Gasteiger partial charge in [-0.25, -0.2) is 0 Å². The number of rotatable bonds is 6. The van der Waals surface area contributed by atoms with Crippen molar-refractivity contribution in [3.8, 4) is 5.75 Å². The number of nitro groups is 1. The second kappa shape index (κ2) is 8.59. The number of nitrogens with one attached hydrogen (secondary N) is 1. The van der Waals surface area contributed by atoms with Crippen molar-refractivity contribution in [1.29, 1.82) is 0 Å². The number of nitro benzene ring substituents is 1. The highest BCUT2D eigenvalue weighted by atomic mass is 16.6. The Morgan fingerprint density at radius 3 is 2.21 bits per heavy atom. The summed E-state index contributed by atoms with van der Waals surface area (Å²) in [6.45, 7) is 0. The van der Waals surface area contributed by atoms with Gasteiger partial charge in [0.15, 0.2) is 0 Å². The molecule has 140 valence electrons. The summed E-state index contributed by atoms with van der Waals surface area (Å²) in [5, 5.41) is 13.8. The monoisotopic (exact) mass is 376 g/mol. The fraction of sp³-hybridized carbons (Fsp3) is 0.0476. The zero-order valence-corrected chi connectivity index (χ0v) is 14.7. The van der Waals surface area contributed by atoms with E-state index in [-0.39, 0.29) is 29.3 Å². The molecule has 7 heteroatoms. The van der Waals surface area contributed by atoms with Gasteiger partial charge >= 0.3 is 5.97 Å². The van der Waals surface area contributed by atoms with E-state index < -0.39 is 10.9 Å². The Labute approximate surface area is 160 Å². The lowest BCUT2D eigenvalue weighted by Gasteiger charge is -2.08. The Morgan fingerprint density at radius 2 is 1.54 bits per heavy atom. The van der Waals surface area contributed by atoms with Crippen LogP contribution in [0.3, 0.4) is 0 Å². The molecule has 0 heterocycles. The second-order valence-corrected chi connectivity index (χ2v) is 5.88. The van der Waals surface area contributed by atoms with Crippen LogP contribution >= 0.6 is 0 Å². The molecule has 0 bridgehead atoms. The third-order valence-corrected chi connectivity index (χ3v) is 3.90. The van der Waals surface area contributed by atoms with Gasteiger partial charge in [0, 0.05) is 22.9 Å². The van der Waals surface area contributed by atoms with Gasteiger partial charge in [0.05, 0.1) is 11.3 Å². The number of esters is 1. The van der Waals surface area contributed by atoms with E-state index in [0.29, 0.717) is 11.3 Å². The number of hydrogen-bond acceptors (Lipinski definition) is 5. The minimum Gasteiger partial charge on any atom is -0.426 e. The molecule has 0 spiro atoms. The van der Waals surface area contributed by atoms with Gasteiger partial charge in [0.1, 0.15) is 5.75 Å². The van der Waals surface area contributed by atoms with Crippen LogP contribution in [-0.2, 0) is 11.2 Å². The van der Waals surface area contributed by atoms with Crippen LogP contribution in [0, 0.1) is 10.1 Å². The Morgan fingerprint density at radius 1 is 0.893 bits per heavy atom. The van der Waals surface area contributed by atoms with Crippen molar-refractivity contribution in [2.45, 2.75) is 6.42 Å². The van der Waals surface area contributed by atoms with Crippen molar-refractivity contribution in [3.05, 3.63) is 100 Å². The SMILES string of the molecule is O=C(Cc1ccccc1[N+](=O)[O-])Oc1ccc(NC(=O)c2ccccc2)cc1. The molecule has 3 aromatic carbocycles. The quantitative estimate of drug-likeness (QED) is 0.303. The zero-order valence-electron chi connectivity index (χ0n) is 14.7. The van der Waals surface area contributed by atoms with Gasteiger partial charge in [-0.2, -0.15) is 0 Å². The van der Waals surface area contributed by atoms with E-state index in [1.54, 1.807) is 42.5 Å². The molecule has 3 aromatic rings. The largest absolute Gasteiger partial charge is 0.426 e. The number of anilines is 1. The van der Waals surface area contributed by atoms with E-state index in [2.05, 4.69) is 5.32 Å². The molecule has 0 fully saturated rings. The molecule has 0 unspecified atom stereocenters. The van der Waals surface area contributed by atoms with E-state index in [0.717, 1.165) is 0 Å². The molecule has 0 saturated heterocycles. The summed E-state index contributed by atoms with van der Waals surface area (Å²) < 4.78 is 5.22. The van der Waals surface area contributed by atoms with Gasteiger partial charge in [-0.3, -0.25) is 19.7 Å². The van der Waals surface area contributed by atoms with Crippen LogP contribution in [0.15, 0.2) is 78.9 Å². The van der Waals surface area contributed by atoms with Gasteiger partial charge in [-0.1, -0.05) is 36.4 Å². The standard InChI is InChI=1S/C21H16N2O5/c24-20(14-16-8-4-5-9-19(16)23(26)27)28-18-12-10-17(11-13-18)22-21(25)15-6-2-1-3-7-15/h1-13H,14H2,(H,22,25). The van der Waals surface area contributed by atoms with Gasteiger partial charge in [-0.05, 0) is 36.4 Å². The Bertz CT molecular complexity index is 1000. The van der Waals surface area contributed by atoms with E-state index in [4.69, 9.17) is 4.74 Å². The van der Waals surface area contributed by atoms with Gasteiger partial charge in [-0.15, -0.1) is 0 Å². The van der Waals surface area contributed by atoms with E-state index in [9.17, 15) is 19.7 Å². The molecule has 0 aliphatic carbocycles. The summed E-state index contributed by atoms with van der Waals surface area (Å²) in [5.74, 6) is -0.585. The molecule has 1 N–H and O–H groups in total. The highest BCUT2D eigenvalue weighted by Gasteiger charge is 2.16. The van der Waals surface area contributed by atoms with Crippen LogP contribution in [0.4, 0.5) is 11.4 Å². The van der Waals surface area contributed by atoms with Gasteiger partial charge in [0.2, 0.25) is 0 Å². The first-order valence-electron chi connectivity index (χ1n) is 8.42. The first-order valence-corrected chi connectivity index (χ1v) is 8.42. The highest BCUT2D eigenvalue weighted by Crippen LogP contribution is 2.20. The molecular weight excluding hydrogens is 360 g/mol. The number of hydrogen-bond donors (Lipinski definition) is 1. The second-order valence-electron chi connectivity index (χ2n) is 5.88. The Kier molecular flexibility index (Phi) is 5.76. The zero-order chi connectivity index (χ0) is 19.9. The number of ether oxygens (including phenoxy) is 1. The summed E-state index contributed by atoms with van der Waals surface area (Å²) >= 11 is 0. The van der Waals surface area contributed by atoms with Crippen molar-refractivity contribution < 1.29 is 19.2 Å². The van der Waals surface area contributed by atoms with Crippen molar-refractivity contribution in [1.82, 2.24) is 0 Å². The third-order valence-electron chi connectivity index (χ3n) is 3.90. The molecule has 0 aliphatic rings. The first-order chi connectivity index (χ1) is 13.5. The lowest BCUT2D eigenvalue weighted by atomic mass is 10.1. The van der Waals surface area contributed by atoms with E-state index in [1.165, 1.54) is 30.3 Å². The van der Waals surface area contributed by atoms with Gasteiger partial charge in [0.25, 0.3) is 11.6 Å². The minimum atomic E-state index is -0.615. The molecule has 0 aromatic heterocycles. The minimum absolute atomic E-state index is 0.126. The van der Waals surface area contributed by atoms with Crippen molar-refractivity contribution in [2.75, 3.05) is 5.32 Å². The Hall–Kier alpha value is -4.00. The normalized spacial score (nSPS) is 10.1. The smallest absolute Gasteiger partial charge is 0.315 e. The lowest BCUT2D eigenvalue weighted by molar-refractivity contribution is -0.385. The fourth-order valence-electron chi connectivity index (χ4n) is 2.56. The number of nitrogens with zero attached hydrogens (tertiary/aromatic N) is 1. The average molecular weight is 376 g/mol. The summed E-state index contributed by atoms with van der Waals surface area (Å²) in [7, 11) is 0. The van der Waals surface area contributed by atoms with E-state index in [1.807, 2.05) is 6.07 Å². The Balaban J connectivity index is 1.61. The van der Waals surface area contributed by atoms with Crippen molar-refractivity contribution in [2.24, 2.45) is 0 Å². The third kappa shape index (κ3) is 4.79. The van der Waals surface area contributed by atoms with Crippen LogP contribution in [0.1, 0.15) is 15.9 Å². The number of carbonyl (C=O) groups is 2. The molecule has 0 aliphatic heterocycles. The first kappa shape index (κ1) is 18.8. The van der Waals surface area contributed by atoms with Crippen LogP contribution in [0.2, 0.25) is 0 Å². The lowest BCUT2D eigenvalue weighted by Crippen LogP contribution is -2.13. The maximum atomic E-state index is 12.1. The number of amides is 1. The number of benzene rings is 3. The van der Waals surface area contributed by atoms with Crippen LogP contribution in [0.5, 0.6) is 5.75 Å². The van der Waals surface area contributed by atoms with Gasteiger partial charge < -0.3 is 10.1 Å². The summed E-state index contributed by atoms with van der Waals surface area (Å²) in [6, 6.07) is 21.1. The maximum absolute atomic E-state index is 12.1. The molecule has 28 heavy (non-hydrogen) atoms. The van der Waals surface area contributed by atoms with Crippen molar-refractivity contribution >= 4 is 23.3 Å². The maximum Gasteiger partial charge on any atom is 0.315 e. The predicted octanol–water partition coefficient (Wildman–Crippen LogP) is 4.00. The highest BCUT2D eigenvalue weighted by molar-refractivity contribution is 6.04. The molecule has 0 radical (unpaired) electrons. The summed E-state index contributed by atoms with van der Waals surface area (Å²) in [4.78, 5) is 34.7. The van der Waals surface area contributed by atoms with Crippen LogP contribution < -0.4 is 10.1 Å². The van der Waals surface area contributed by atoms with Crippen LogP contribution in [-0.4, -0.2) is 16.8 Å². The van der Waals surface area contributed by atoms with Crippen molar-refractivity contribution in [3.63, 3.8) is 0 Å². The molecule has 1 amide bonds. The average Bonchev–Trinajstić information content (AvgIpc) is 2.70. The topological polar surface area (TPSA) is 98.5 Å². The summed E-state index contributed by atoms with van der Waals surface area (Å²) in [6.07, 6.45) is -0.219. The number of para-hydroxylation sites is 1. The van der Waals surface area contributed by atoms with Crippen LogP contribution in [0.25, 0.3) is 0 Å². The number of carbonyl (C=O) groups excluding carboxylic acids is 2. The molecule has 0 saturated carbocycles. The molecule has 3 rings (SSSR count). The molecule has 0 atom stereocenters. The fourth-order valence-corrected chi connectivity index (χ4v) is 2.56. The summed E-state index contributed by atoms with van der Waals surface area (Å²) in [5.41, 5.74) is 1.23. The van der Waals surface area contributed by atoms with E-state index >= 15 is 0 Å². The molecular formula is C21H16N2O5. The molecule has 7 nitrogen and oxygen atoms in total. The predicted molar refractivity (Wildman–Crippen MR) is 103 cm³/mol.